The Morgan fingerprint density at radius 3 is 2.42 bits per heavy atom. The van der Waals surface area contributed by atoms with Crippen molar-refractivity contribution in [3.8, 4) is 0 Å². The number of amides is 2. The quantitative estimate of drug-likeness (QED) is 0.394. The first kappa shape index (κ1) is 29.5. The van der Waals surface area contributed by atoms with E-state index >= 15 is 0 Å². The number of nitrogens with one attached hydrogen (secondary N) is 1. The maximum absolute atomic E-state index is 12.9. The van der Waals surface area contributed by atoms with E-state index in [4.69, 9.17) is 0 Å². The van der Waals surface area contributed by atoms with Crippen molar-refractivity contribution >= 4 is 34.3 Å². The molecule has 0 saturated carbocycles. The molecule has 2 rings (SSSR count). The number of hydrogen-bond donors (Lipinski definition) is 1. The fourth-order valence-electron chi connectivity index (χ4n) is 3.28. The zero-order valence-electron chi connectivity index (χ0n) is 19.5. The Labute approximate surface area is 206 Å². The Balaban J connectivity index is 2.10. The van der Waals surface area contributed by atoms with Crippen molar-refractivity contribution in [1.29, 1.82) is 0 Å². The molecule has 9 nitrogen and oxygen atoms in total. The second-order valence-corrected chi connectivity index (χ2v) is 9.37. The zero-order chi connectivity index (χ0) is 27.3. The zero-order valence-corrected chi connectivity index (χ0v) is 20.3. The Morgan fingerprint density at radius 2 is 1.86 bits per heavy atom. The van der Waals surface area contributed by atoms with Crippen LogP contribution in [0.1, 0.15) is 44.5 Å². The maximum Gasteiger partial charge on any atom is 0.492 e. The lowest BCUT2D eigenvalue weighted by Crippen LogP contribution is -2.53. The molecule has 0 radical (unpaired) electrons. The van der Waals surface area contributed by atoms with Crippen molar-refractivity contribution in [2.24, 2.45) is 5.92 Å². The lowest BCUT2D eigenvalue weighted by atomic mass is 10.0. The van der Waals surface area contributed by atoms with Crippen molar-refractivity contribution < 1.29 is 45.6 Å². The molecule has 0 aromatic carbocycles. The van der Waals surface area contributed by atoms with Crippen molar-refractivity contribution in [2.75, 3.05) is 18.5 Å². The van der Waals surface area contributed by atoms with E-state index in [0.717, 1.165) is 11.0 Å². The summed E-state index contributed by atoms with van der Waals surface area (Å²) < 4.78 is 76.0. The van der Waals surface area contributed by atoms with Crippen LogP contribution < -0.4 is 10.2 Å². The van der Waals surface area contributed by atoms with Crippen LogP contribution in [0.25, 0.3) is 0 Å². The predicted molar refractivity (Wildman–Crippen MR) is 115 cm³/mol. The number of likely N-dealkylation sites (N-methyl/N-ethyl adjacent to an activating group) is 1. The second-order valence-electron chi connectivity index (χ2n) is 8.42. The summed E-state index contributed by atoms with van der Waals surface area (Å²) >= 11 is 0.185. The Kier molecular flexibility index (Phi) is 9.82. The molecule has 2 atom stereocenters. The summed E-state index contributed by atoms with van der Waals surface area (Å²) in [7, 11) is 1.21. The molecule has 16 heteroatoms. The molecule has 1 saturated heterocycles. The van der Waals surface area contributed by atoms with Crippen molar-refractivity contribution in [3.05, 3.63) is 17.2 Å². The van der Waals surface area contributed by atoms with Gasteiger partial charge in [-0.2, -0.15) is 26.3 Å². The van der Waals surface area contributed by atoms with Gasteiger partial charge in [-0.1, -0.05) is 31.3 Å². The van der Waals surface area contributed by atoms with E-state index in [9.17, 15) is 40.7 Å². The number of hydrogen-bond acceptors (Lipinski definition) is 8. The minimum atomic E-state index is -5.22. The third-order valence-electron chi connectivity index (χ3n) is 4.99. The molecule has 0 unspecified atom stereocenters. The number of halogens is 6. The average Bonchev–Trinajstić information content (AvgIpc) is 3.27. The van der Waals surface area contributed by atoms with Crippen molar-refractivity contribution in [2.45, 2.75) is 64.0 Å². The van der Waals surface area contributed by atoms with Gasteiger partial charge < -0.3 is 10.2 Å². The highest BCUT2D eigenvalue weighted by molar-refractivity contribution is 7.15. The third kappa shape index (κ3) is 8.43. The molecular formula is C20H25F6N5O4S. The number of piperidine rings is 1. The fourth-order valence-corrected chi connectivity index (χ4v) is 3.96. The number of hydroxylamine groups is 2. The van der Waals surface area contributed by atoms with Gasteiger partial charge in [-0.25, -0.2) is 4.79 Å². The SMILES string of the molecule is CC(C)C[C@@H](/C=C/C(=O)N(C)c1nnc(C(F)(F)F)s1)NC(=O)[C@@H]1CCCCN1OC(=O)C(F)(F)F. The van der Waals surface area contributed by atoms with E-state index in [-0.39, 0.29) is 35.4 Å². The molecule has 1 aliphatic rings. The molecule has 36 heavy (non-hydrogen) atoms. The van der Waals surface area contributed by atoms with Gasteiger partial charge in [0.2, 0.25) is 16.0 Å². The van der Waals surface area contributed by atoms with Crippen LogP contribution >= 0.6 is 11.3 Å². The number of aromatic nitrogens is 2. The molecule has 202 valence electrons. The summed E-state index contributed by atoms with van der Waals surface area (Å²) in [6.07, 6.45) is -6.12. The van der Waals surface area contributed by atoms with E-state index in [1.165, 1.54) is 13.1 Å². The molecule has 0 aliphatic carbocycles. The van der Waals surface area contributed by atoms with E-state index in [1.54, 1.807) is 0 Å². The lowest BCUT2D eigenvalue weighted by molar-refractivity contribution is -0.248. The van der Waals surface area contributed by atoms with Crippen molar-refractivity contribution in [1.82, 2.24) is 20.6 Å². The summed E-state index contributed by atoms with van der Waals surface area (Å²) in [5.41, 5.74) is 0. The van der Waals surface area contributed by atoms with Gasteiger partial charge in [0, 0.05) is 25.7 Å². The summed E-state index contributed by atoms with van der Waals surface area (Å²) in [6.45, 7) is 3.60. The number of nitrogens with zero attached hydrogens (tertiary/aromatic N) is 4. The topological polar surface area (TPSA) is 105 Å². The molecule has 2 amide bonds. The Bertz CT molecular complexity index is 965. The summed E-state index contributed by atoms with van der Waals surface area (Å²) in [5, 5.41) is 8.22. The molecule has 0 spiro atoms. The first-order valence-electron chi connectivity index (χ1n) is 10.8. The molecule has 1 aromatic heterocycles. The minimum absolute atomic E-state index is 0.0239. The van der Waals surface area contributed by atoms with E-state index in [2.05, 4.69) is 20.4 Å². The van der Waals surface area contributed by atoms with Crippen LogP contribution in [-0.2, 0) is 25.4 Å². The van der Waals surface area contributed by atoms with Crippen LogP contribution in [0.3, 0.4) is 0 Å². The average molecular weight is 546 g/mol. The van der Waals surface area contributed by atoms with Crippen LogP contribution in [0.15, 0.2) is 12.2 Å². The van der Waals surface area contributed by atoms with Crippen LogP contribution in [0, 0.1) is 5.92 Å². The van der Waals surface area contributed by atoms with Gasteiger partial charge in [-0.15, -0.1) is 15.3 Å². The normalized spacial score (nSPS) is 18.3. The van der Waals surface area contributed by atoms with E-state index in [0.29, 0.717) is 24.3 Å². The first-order valence-corrected chi connectivity index (χ1v) is 11.6. The summed E-state index contributed by atoms with van der Waals surface area (Å²) in [5.74, 6) is -3.84. The molecule has 1 aliphatic heterocycles. The maximum atomic E-state index is 12.9. The van der Waals surface area contributed by atoms with Crippen LogP contribution in [-0.4, -0.2) is 64.9 Å². The van der Waals surface area contributed by atoms with Gasteiger partial charge >= 0.3 is 18.3 Å². The van der Waals surface area contributed by atoms with Gasteiger partial charge in [-0.05, 0) is 31.6 Å². The number of anilines is 1. The minimum Gasteiger partial charge on any atom is -0.360 e. The highest BCUT2D eigenvalue weighted by Crippen LogP contribution is 2.34. The van der Waals surface area contributed by atoms with Crippen LogP contribution in [0.2, 0.25) is 0 Å². The number of alkyl halides is 6. The monoisotopic (exact) mass is 545 g/mol. The summed E-state index contributed by atoms with van der Waals surface area (Å²) in [4.78, 5) is 41.8. The molecule has 1 N–H and O–H groups in total. The Hall–Kier alpha value is -2.75. The predicted octanol–water partition coefficient (Wildman–Crippen LogP) is 3.48. The van der Waals surface area contributed by atoms with Gasteiger partial charge in [-0.3, -0.25) is 14.5 Å². The molecular weight excluding hydrogens is 520 g/mol. The second kappa shape index (κ2) is 12.0. The van der Waals surface area contributed by atoms with Gasteiger partial charge in [0.15, 0.2) is 0 Å². The Morgan fingerprint density at radius 1 is 1.19 bits per heavy atom. The number of rotatable bonds is 8. The summed E-state index contributed by atoms with van der Waals surface area (Å²) in [6, 6.07) is -1.90. The fraction of sp³-hybridized carbons (Fsp3) is 0.650. The number of carbonyl (C=O) groups excluding carboxylic acids is 3. The van der Waals surface area contributed by atoms with E-state index in [1.807, 2.05) is 13.8 Å². The highest BCUT2D eigenvalue weighted by Gasteiger charge is 2.44. The van der Waals surface area contributed by atoms with Gasteiger partial charge in [0.1, 0.15) is 6.04 Å². The molecule has 0 bridgehead atoms. The largest absolute Gasteiger partial charge is 0.492 e. The number of carbonyl (C=O) groups is 3. The standard InChI is InChI=1S/C20H25F6N5O4S/c1-11(2)10-12(7-8-14(32)30(3)18-29-28-16(36-18)19(21,22)23)27-15(33)13-6-4-5-9-31(13)35-17(34)20(24,25)26/h7-8,11-13H,4-6,9-10H2,1-3H3,(H,27,33)/b8-7+/t12-,13+/m1/s1. The van der Waals surface area contributed by atoms with Gasteiger partial charge in [0.05, 0.1) is 0 Å². The lowest BCUT2D eigenvalue weighted by Gasteiger charge is -2.33. The molecule has 2 heterocycles. The first-order chi connectivity index (χ1) is 16.6. The smallest absolute Gasteiger partial charge is 0.360 e. The van der Waals surface area contributed by atoms with Crippen LogP contribution in [0.5, 0.6) is 0 Å². The molecule has 1 aromatic rings. The highest BCUT2D eigenvalue weighted by atomic mass is 32.1. The van der Waals surface area contributed by atoms with Crippen molar-refractivity contribution in [3.63, 3.8) is 0 Å². The van der Waals surface area contributed by atoms with Crippen LogP contribution in [0.4, 0.5) is 31.5 Å². The molecule has 1 fully saturated rings. The third-order valence-corrected chi connectivity index (χ3v) is 6.03. The van der Waals surface area contributed by atoms with Gasteiger partial charge in [0.25, 0.3) is 5.91 Å². The van der Waals surface area contributed by atoms with E-state index < -0.39 is 47.2 Å².